The molecule has 0 bridgehead atoms. The van der Waals surface area contributed by atoms with Crippen molar-refractivity contribution in [3.63, 3.8) is 0 Å². The second kappa shape index (κ2) is 6.30. The first-order valence-electron chi connectivity index (χ1n) is 7.18. The number of aromatic hydroxyl groups is 1. The molecule has 4 nitrogen and oxygen atoms in total. The van der Waals surface area contributed by atoms with Gasteiger partial charge in [0.1, 0.15) is 5.75 Å². The van der Waals surface area contributed by atoms with E-state index in [1.165, 1.54) is 17.3 Å². The highest BCUT2D eigenvalue weighted by Crippen LogP contribution is 2.30. The predicted octanol–water partition coefficient (Wildman–Crippen LogP) is 3.90. The van der Waals surface area contributed by atoms with Gasteiger partial charge in [-0.15, -0.1) is 0 Å². The van der Waals surface area contributed by atoms with Crippen molar-refractivity contribution in [1.29, 1.82) is 0 Å². The lowest BCUT2D eigenvalue weighted by atomic mass is 10.1. The number of phenolic OH excluding ortho intramolecular Hbond substituents is 1. The third-order valence-corrected chi connectivity index (χ3v) is 4.55. The van der Waals surface area contributed by atoms with E-state index in [1.54, 1.807) is 30.3 Å². The lowest BCUT2D eigenvalue weighted by molar-refractivity contribution is -0.115. The Bertz CT molecular complexity index is 823. The van der Waals surface area contributed by atoms with E-state index in [0.29, 0.717) is 10.1 Å². The predicted molar refractivity (Wildman–Crippen MR) is 94.8 cm³/mol. The number of amides is 1. The average Bonchev–Trinajstić information content (AvgIpc) is 2.86. The molecular formula is C18H16N2O2S. The molecule has 0 spiro atoms. The van der Waals surface area contributed by atoms with Crippen LogP contribution < -0.4 is 5.32 Å². The van der Waals surface area contributed by atoms with Crippen molar-refractivity contribution in [2.24, 2.45) is 4.99 Å². The smallest absolute Gasteiger partial charge is 0.264 e. The van der Waals surface area contributed by atoms with Crippen molar-refractivity contribution in [2.75, 3.05) is 0 Å². The van der Waals surface area contributed by atoms with Gasteiger partial charge in [-0.3, -0.25) is 4.79 Å². The number of nitrogens with one attached hydrogen (secondary N) is 1. The van der Waals surface area contributed by atoms with E-state index in [0.717, 1.165) is 16.8 Å². The van der Waals surface area contributed by atoms with Crippen LogP contribution in [0.4, 0.5) is 5.69 Å². The topological polar surface area (TPSA) is 61.7 Å². The minimum Gasteiger partial charge on any atom is -0.508 e. The molecule has 23 heavy (non-hydrogen) atoms. The second-order valence-electron chi connectivity index (χ2n) is 5.29. The summed E-state index contributed by atoms with van der Waals surface area (Å²) in [6.07, 6.45) is 1.78. The third-order valence-electron chi connectivity index (χ3n) is 3.64. The number of aryl methyl sites for hydroxylation is 1. The first kappa shape index (κ1) is 15.4. The molecule has 0 saturated carbocycles. The number of benzene rings is 2. The van der Waals surface area contributed by atoms with E-state index >= 15 is 0 Å². The van der Waals surface area contributed by atoms with E-state index in [9.17, 15) is 9.90 Å². The first-order chi connectivity index (χ1) is 11.0. The van der Waals surface area contributed by atoms with Gasteiger partial charge in [-0.25, -0.2) is 4.99 Å². The Hall–Kier alpha value is -2.53. The zero-order valence-electron chi connectivity index (χ0n) is 12.8. The van der Waals surface area contributed by atoms with Crippen molar-refractivity contribution < 1.29 is 9.90 Å². The molecule has 5 heteroatoms. The highest BCUT2D eigenvalue weighted by molar-refractivity contribution is 8.18. The summed E-state index contributed by atoms with van der Waals surface area (Å²) in [6, 6.07) is 12.6. The maximum Gasteiger partial charge on any atom is 0.264 e. The molecular weight excluding hydrogens is 308 g/mol. The largest absolute Gasteiger partial charge is 0.508 e. The zero-order chi connectivity index (χ0) is 16.4. The number of phenols is 1. The van der Waals surface area contributed by atoms with Crippen LogP contribution in [0.15, 0.2) is 52.4 Å². The van der Waals surface area contributed by atoms with Crippen LogP contribution in [0.2, 0.25) is 0 Å². The summed E-state index contributed by atoms with van der Waals surface area (Å²) in [5.74, 6) is 0.0416. The molecule has 1 aliphatic heterocycles. The van der Waals surface area contributed by atoms with Gasteiger partial charge in [-0.05, 0) is 66.6 Å². The summed E-state index contributed by atoms with van der Waals surface area (Å²) in [4.78, 5) is 17.2. The fourth-order valence-corrected chi connectivity index (χ4v) is 3.00. The molecule has 1 fully saturated rings. The lowest BCUT2D eigenvalue weighted by Gasteiger charge is -2.04. The van der Waals surface area contributed by atoms with Crippen LogP contribution in [-0.2, 0) is 4.79 Å². The van der Waals surface area contributed by atoms with E-state index in [4.69, 9.17) is 0 Å². The van der Waals surface area contributed by atoms with Gasteiger partial charge in [0, 0.05) is 0 Å². The molecule has 0 radical (unpaired) electrons. The number of nitrogens with zero attached hydrogens (tertiary/aromatic N) is 1. The molecule has 1 amide bonds. The SMILES string of the molecule is Cc1cccc(N=C2NC(=O)C(=Cc3ccc(O)cc3)S2)c1C. The average molecular weight is 324 g/mol. The summed E-state index contributed by atoms with van der Waals surface area (Å²) >= 11 is 1.32. The van der Waals surface area contributed by atoms with Crippen LogP contribution >= 0.6 is 11.8 Å². The quantitative estimate of drug-likeness (QED) is 0.824. The molecule has 1 heterocycles. The maximum absolute atomic E-state index is 12.1. The van der Waals surface area contributed by atoms with Crippen molar-refractivity contribution in [3.8, 4) is 5.75 Å². The van der Waals surface area contributed by atoms with Crippen LogP contribution in [0.25, 0.3) is 6.08 Å². The highest BCUT2D eigenvalue weighted by atomic mass is 32.2. The summed E-state index contributed by atoms with van der Waals surface area (Å²) < 4.78 is 0. The van der Waals surface area contributed by atoms with Crippen LogP contribution in [-0.4, -0.2) is 16.2 Å². The number of amidine groups is 1. The van der Waals surface area contributed by atoms with Gasteiger partial charge < -0.3 is 10.4 Å². The van der Waals surface area contributed by atoms with Crippen LogP contribution in [0.3, 0.4) is 0 Å². The van der Waals surface area contributed by atoms with Crippen LogP contribution in [0, 0.1) is 13.8 Å². The van der Waals surface area contributed by atoms with Crippen LogP contribution in [0.1, 0.15) is 16.7 Å². The van der Waals surface area contributed by atoms with E-state index < -0.39 is 0 Å². The molecule has 0 aromatic heterocycles. The molecule has 0 unspecified atom stereocenters. The van der Waals surface area contributed by atoms with Crippen LogP contribution in [0.5, 0.6) is 5.75 Å². The lowest BCUT2D eigenvalue weighted by Crippen LogP contribution is -2.19. The van der Waals surface area contributed by atoms with E-state index in [-0.39, 0.29) is 11.7 Å². The van der Waals surface area contributed by atoms with Gasteiger partial charge >= 0.3 is 0 Å². The summed E-state index contributed by atoms with van der Waals surface area (Å²) in [5, 5.41) is 12.7. The number of aliphatic imine (C=N–C) groups is 1. The molecule has 2 N–H and O–H groups in total. The number of carbonyl (C=O) groups excluding carboxylic acids is 1. The summed E-state index contributed by atoms with van der Waals surface area (Å²) in [7, 11) is 0. The van der Waals surface area contributed by atoms with Gasteiger partial charge in [0.25, 0.3) is 5.91 Å². The normalized spacial score (nSPS) is 17.7. The van der Waals surface area contributed by atoms with Gasteiger partial charge in [0.2, 0.25) is 0 Å². The standard InChI is InChI=1S/C18H16N2O2S/c1-11-4-3-5-15(12(11)2)19-18-20-17(22)16(23-18)10-13-6-8-14(21)9-7-13/h3-10,21H,1-2H3,(H,19,20,22). The Balaban J connectivity index is 1.86. The van der Waals surface area contributed by atoms with Crippen molar-refractivity contribution in [3.05, 3.63) is 64.1 Å². The fraction of sp³-hybridized carbons (Fsp3) is 0.111. The molecule has 2 aromatic rings. The molecule has 0 atom stereocenters. The highest BCUT2D eigenvalue weighted by Gasteiger charge is 2.23. The zero-order valence-corrected chi connectivity index (χ0v) is 13.6. The Morgan fingerprint density at radius 3 is 2.61 bits per heavy atom. The Labute approximate surface area is 139 Å². The third kappa shape index (κ3) is 3.46. The summed E-state index contributed by atoms with van der Waals surface area (Å²) in [5.41, 5.74) is 3.99. The van der Waals surface area contributed by atoms with Crippen molar-refractivity contribution in [1.82, 2.24) is 5.32 Å². The van der Waals surface area contributed by atoms with Gasteiger partial charge in [-0.2, -0.15) is 0 Å². The molecule has 1 aliphatic rings. The Kier molecular flexibility index (Phi) is 4.21. The van der Waals surface area contributed by atoms with Gasteiger partial charge in [0.05, 0.1) is 10.6 Å². The number of hydrogen-bond acceptors (Lipinski definition) is 4. The summed E-state index contributed by atoms with van der Waals surface area (Å²) in [6.45, 7) is 4.05. The van der Waals surface area contributed by atoms with E-state index in [1.807, 2.05) is 32.0 Å². The Morgan fingerprint density at radius 1 is 1.13 bits per heavy atom. The van der Waals surface area contributed by atoms with Gasteiger partial charge in [0.15, 0.2) is 5.17 Å². The minimum atomic E-state index is -0.160. The first-order valence-corrected chi connectivity index (χ1v) is 7.99. The fourth-order valence-electron chi connectivity index (χ4n) is 2.17. The molecule has 3 rings (SSSR count). The molecule has 1 saturated heterocycles. The second-order valence-corrected chi connectivity index (χ2v) is 6.32. The minimum absolute atomic E-state index is 0.160. The molecule has 0 aliphatic carbocycles. The van der Waals surface area contributed by atoms with Crippen molar-refractivity contribution >= 4 is 34.6 Å². The number of carbonyl (C=O) groups is 1. The van der Waals surface area contributed by atoms with E-state index in [2.05, 4.69) is 10.3 Å². The number of hydrogen-bond donors (Lipinski definition) is 2. The van der Waals surface area contributed by atoms with Crippen molar-refractivity contribution in [2.45, 2.75) is 13.8 Å². The number of thioether (sulfide) groups is 1. The monoisotopic (exact) mass is 324 g/mol. The molecule has 116 valence electrons. The maximum atomic E-state index is 12.1. The number of rotatable bonds is 2. The van der Waals surface area contributed by atoms with Gasteiger partial charge in [-0.1, -0.05) is 24.3 Å². The Morgan fingerprint density at radius 2 is 1.87 bits per heavy atom. The molecule has 2 aromatic carbocycles.